The van der Waals surface area contributed by atoms with Crippen LogP contribution in [0, 0.1) is 6.42 Å². The lowest BCUT2D eigenvalue weighted by atomic mass is 9.95. The number of esters is 1. The third-order valence-electron chi connectivity index (χ3n) is 3.13. The van der Waals surface area contributed by atoms with E-state index in [2.05, 4.69) is 36.8 Å². The molecule has 0 aliphatic heterocycles. The molecule has 95 valence electrons. The van der Waals surface area contributed by atoms with E-state index in [-0.39, 0.29) is 12.1 Å². The number of carbonyl (C=O) groups excluding carboxylic acids is 1. The normalized spacial score (nSPS) is 21.7. The molecule has 1 aliphatic carbocycles. The van der Waals surface area contributed by atoms with Gasteiger partial charge in [0.15, 0.2) is 0 Å². The number of allylic oxidation sites excluding steroid dienone is 1. The van der Waals surface area contributed by atoms with E-state index in [1.54, 1.807) is 0 Å². The Morgan fingerprint density at radius 3 is 2.78 bits per heavy atom. The molecule has 0 N–H and O–H groups in total. The average Bonchev–Trinajstić information content (AvgIpc) is 2.35. The summed E-state index contributed by atoms with van der Waals surface area (Å²) in [6.45, 7) is 1.47. The van der Waals surface area contributed by atoms with Crippen LogP contribution in [0.3, 0.4) is 0 Å². The second-order valence-electron chi connectivity index (χ2n) is 4.64. The van der Waals surface area contributed by atoms with Crippen LogP contribution in [0.2, 0.25) is 0 Å². The summed E-state index contributed by atoms with van der Waals surface area (Å²) >= 11 is 0. The van der Waals surface area contributed by atoms with Crippen LogP contribution >= 0.6 is 0 Å². The topological polar surface area (TPSA) is 26.3 Å². The predicted molar refractivity (Wildman–Crippen MR) is 72.1 cm³/mol. The first-order chi connectivity index (χ1) is 8.75. The Balaban J connectivity index is 2.18. The van der Waals surface area contributed by atoms with Gasteiger partial charge in [-0.2, -0.15) is 0 Å². The van der Waals surface area contributed by atoms with E-state index in [9.17, 15) is 4.79 Å². The Morgan fingerprint density at radius 2 is 2.00 bits per heavy atom. The predicted octanol–water partition coefficient (Wildman–Crippen LogP) is 3.26. The highest BCUT2D eigenvalue weighted by atomic mass is 16.5. The number of hydrogen-bond donors (Lipinski definition) is 0. The highest BCUT2D eigenvalue weighted by molar-refractivity contribution is 5.66. The van der Waals surface area contributed by atoms with Crippen molar-refractivity contribution in [1.82, 2.24) is 0 Å². The van der Waals surface area contributed by atoms with Crippen LogP contribution in [0.1, 0.15) is 30.9 Å². The van der Waals surface area contributed by atoms with E-state index < -0.39 is 0 Å². The number of rotatable bonds is 1. The zero-order chi connectivity index (χ0) is 12.8. The molecular formula is C16H19O2. The number of benzene rings is 1. The highest BCUT2D eigenvalue weighted by Crippen LogP contribution is 2.18. The van der Waals surface area contributed by atoms with Crippen molar-refractivity contribution in [3.05, 3.63) is 54.0 Å². The molecule has 0 saturated heterocycles. The van der Waals surface area contributed by atoms with Crippen LogP contribution in [0.4, 0.5) is 0 Å². The SMILES string of the molecule is CC(=O)OC1C/C=C\C[CH]Cc2ccccc2C1. The van der Waals surface area contributed by atoms with E-state index in [0.29, 0.717) is 0 Å². The fourth-order valence-electron chi connectivity index (χ4n) is 2.29. The van der Waals surface area contributed by atoms with E-state index in [1.165, 1.54) is 18.1 Å². The lowest BCUT2D eigenvalue weighted by Crippen LogP contribution is -2.19. The Labute approximate surface area is 109 Å². The van der Waals surface area contributed by atoms with Gasteiger partial charge in [-0.3, -0.25) is 4.79 Å². The van der Waals surface area contributed by atoms with Crippen LogP contribution in [0.25, 0.3) is 0 Å². The van der Waals surface area contributed by atoms with Crippen LogP contribution in [0.15, 0.2) is 36.4 Å². The molecule has 1 aromatic carbocycles. The molecule has 0 bridgehead atoms. The van der Waals surface area contributed by atoms with Crippen molar-refractivity contribution < 1.29 is 9.53 Å². The molecule has 0 spiro atoms. The summed E-state index contributed by atoms with van der Waals surface area (Å²) in [4.78, 5) is 11.1. The number of ether oxygens (including phenoxy) is 1. The standard InChI is InChI=1S/C16H19O2/c1-13(17)18-16-11-5-3-2-4-8-14-9-6-7-10-15(14)12-16/h3-7,9-10,16H,2,8,11-12H2,1H3/b5-3-. The van der Waals surface area contributed by atoms with Gasteiger partial charge in [0.05, 0.1) is 0 Å². The van der Waals surface area contributed by atoms with Gasteiger partial charge in [-0.05, 0) is 30.4 Å². The highest BCUT2D eigenvalue weighted by Gasteiger charge is 2.14. The van der Waals surface area contributed by atoms with Gasteiger partial charge >= 0.3 is 5.97 Å². The average molecular weight is 243 g/mol. The molecule has 2 heteroatoms. The lowest BCUT2D eigenvalue weighted by molar-refractivity contribution is -0.146. The van der Waals surface area contributed by atoms with Crippen molar-refractivity contribution in [2.75, 3.05) is 0 Å². The second-order valence-corrected chi connectivity index (χ2v) is 4.64. The molecule has 1 aromatic rings. The van der Waals surface area contributed by atoms with Crippen molar-refractivity contribution in [3.8, 4) is 0 Å². The van der Waals surface area contributed by atoms with Crippen LogP contribution in [-0.2, 0) is 22.4 Å². The van der Waals surface area contributed by atoms with E-state index in [4.69, 9.17) is 4.74 Å². The molecule has 1 unspecified atom stereocenters. The van der Waals surface area contributed by atoms with Crippen LogP contribution in [-0.4, -0.2) is 12.1 Å². The van der Waals surface area contributed by atoms with Crippen LogP contribution in [0.5, 0.6) is 0 Å². The molecule has 0 amide bonds. The van der Waals surface area contributed by atoms with Gasteiger partial charge in [0.2, 0.25) is 0 Å². The summed E-state index contributed by atoms with van der Waals surface area (Å²) in [7, 11) is 0. The van der Waals surface area contributed by atoms with Gasteiger partial charge in [-0.1, -0.05) is 36.4 Å². The zero-order valence-corrected chi connectivity index (χ0v) is 10.8. The molecule has 0 heterocycles. The van der Waals surface area contributed by atoms with Crippen LogP contribution < -0.4 is 0 Å². The van der Waals surface area contributed by atoms with Gasteiger partial charge in [0.1, 0.15) is 6.10 Å². The number of carbonyl (C=O) groups is 1. The first-order valence-corrected chi connectivity index (χ1v) is 6.46. The number of hydrogen-bond acceptors (Lipinski definition) is 2. The Hall–Kier alpha value is -1.57. The molecule has 1 atom stereocenters. The van der Waals surface area contributed by atoms with Gasteiger partial charge in [-0.15, -0.1) is 0 Å². The molecule has 2 nitrogen and oxygen atoms in total. The smallest absolute Gasteiger partial charge is 0.302 e. The monoisotopic (exact) mass is 243 g/mol. The molecule has 2 rings (SSSR count). The maximum absolute atomic E-state index is 11.1. The summed E-state index contributed by atoms with van der Waals surface area (Å²) in [5, 5.41) is 0. The fraction of sp³-hybridized carbons (Fsp3) is 0.375. The molecule has 0 fully saturated rings. The van der Waals surface area contributed by atoms with Gasteiger partial charge < -0.3 is 4.74 Å². The third-order valence-corrected chi connectivity index (χ3v) is 3.13. The summed E-state index contributed by atoms with van der Waals surface area (Å²) in [6, 6.07) is 8.40. The summed E-state index contributed by atoms with van der Waals surface area (Å²) in [6.07, 6.45) is 10.0. The first-order valence-electron chi connectivity index (χ1n) is 6.46. The Kier molecular flexibility index (Phi) is 4.57. The van der Waals surface area contributed by atoms with Crippen molar-refractivity contribution in [3.63, 3.8) is 0 Å². The minimum Gasteiger partial charge on any atom is -0.462 e. The van der Waals surface area contributed by atoms with Crippen molar-refractivity contribution in [2.45, 2.75) is 38.7 Å². The third kappa shape index (κ3) is 3.73. The molecule has 1 radical (unpaired) electrons. The van der Waals surface area contributed by atoms with Crippen molar-refractivity contribution >= 4 is 5.97 Å². The molecule has 18 heavy (non-hydrogen) atoms. The largest absolute Gasteiger partial charge is 0.462 e. The molecular weight excluding hydrogens is 224 g/mol. The maximum Gasteiger partial charge on any atom is 0.302 e. The molecule has 0 aromatic heterocycles. The van der Waals surface area contributed by atoms with E-state index >= 15 is 0 Å². The van der Waals surface area contributed by atoms with E-state index in [1.807, 2.05) is 6.07 Å². The molecule has 1 aliphatic rings. The number of fused-ring (bicyclic) bond motifs is 1. The summed E-state index contributed by atoms with van der Waals surface area (Å²) in [5.74, 6) is -0.200. The van der Waals surface area contributed by atoms with Gasteiger partial charge in [-0.25, -0.2) is 0 Å². The Morgan fingerprint density at radius 1 is 1.22 bits per heavy atom. The maximum atomic E-state index is 11.1. The molecule has 0 saturated carbocycles. The van der Waals surface area contributed by atoms with Crippen molar-refractivity contribution in [2.24, 2.45) is 0 Å². The van der Waals surface area contributed by atoms with Gasteiger partial charge in [0.25, 0.3) is 0 Å². The Bertz CT molecular complexity index is 434. The fourth-order valence-corrected chi connectivity index (χ4v) is 2.29. The second kappa shape index (κ2) is 6.39. The summed E-state index contributed by atoms with van der Waals surface area (Å²) in [5.41, 5.74) is 2.63. The minimum absolute atomic E-state index is 0.0435. The first kappa shape index (κ1) is 12.9. The quantitative estimate of drug-likeness (QED) is 0.559. The van der Waals surface area contributed by atoms with E-state index in [0.717, 1.165) is 25.7 Å². The zero-order valence-electron chi connectivity index (χ0n) is 10.8. The summed E-state index contributed by atoms with van der Waals surface area (Å²) < 4.78 is 5.38. The van der Waals surface area contributed by atoms with Crippen molar-refractivity contribution in [1.29, 1.82) is 0 Å². The lowest BCUT2D eigenvalue weighted by Gasteiger charge is -2.18. The van der Waals surface area contributed by atoms with Gasteiger partial charge in [0, 0.05) is 19.8 Å². The minimum atomic E-state index is -0.200.